The van der Waals surface area contributed by atoms with Gasteiger partial charge in [-0.25, -0.2) is 9.59 Å². The number of rotatable bonds is 13. The highest BCUT2D eigenvalue weighted by molar-refractivity contribution is 5.88. The summed E-state index contributed by atoms with van der Waals surface area (Å²) in [6, 6.07) is 5.68. The summed E-state index contributed by atoms with van der Waals surface area (Å²) in [6.45, 7) is 6.24. The Morgan fingerprint density at radius 3 is 1.69 bits per heavy atom. The molecule has 1 aromatic carbocycles. The van der Waals surface area contributed by atoms with Crippen LogP contribution in [0.25, 0.3) is 0 Å². The van der Waals surface area contributed by atoms with Crippen LogP contribution in [-0.2, 0) is 19.1 Å². The first-order valence-corrected chi connectivity index (χ1v) is 10.8. The van der Waals surface area contributed by atoms with Crippen LogP contribution in [0.5, 0.6) is 11.5 Å². The fourth-order valence-electron chi connectivity index (χ4n) is 3.35. The van der Waals surface area contributed by atoms with E-state index in [4.69, 9.17) is 29.2 Å². The zero-order chi connectivity index (χ0) is 23.3. The van der Waals surface area contributed by atoms with Crippen molar-refractivity contribution >= 4 is 11.9 Å². The van der Waals surface area contributed by atoms with E-state index < -0.39 is 25.2 Å². The molecule has 1 aliphatic rings. The molecule has 1 aliphatic carbocycles. The highest BCUT2D eigenvalue weighted by Crippen LogP contribution is 2.36. The minimum atomic E-state index is -0.658. The molecule has 2 rings (SSSR count). The van der Waals surface area contributed by atoms with Gasteiger partial charge in [-0.2, -0.15) is 0 Å². The van der Waals surface area contributed by atoms with Crippen molar-refractivity contribution in [3.63, 3.8) is 0 Å². The fourth-order valence-corrected chi connectivity index (χ4v) is 3.35. The van der Waals surface area contributed by atoms with Gasteiger partial charge in [0.15, 0.2) is 0 Å². The molecule has 0 amide bonds. The van der Waals surface area contributed by atoms with E-state index in [1.54, 1.807) is 6.07 Å². The fraction of sp³-hybridized carbons (Fsp3) is 0.500. The third kappa shape index (κ3) is 8.36. The van der Waals surface area contributed by atoms with Gasteiger partial charge in [0.25, 0.3) is 0 Å². The average molecular weight is 449 g/mol. The summed E-state index contributed by atoms with van der Waals surface area (Å²) in [4.78, 5) is 23.1. The highest BCUT2D eigenvalue weighted by Gasteiger charge is 2.18. The summed E-state index contributed by atoms with van der Waals surface area (Å²) in [7, 11) is 0. The van der Waals surface area contributed by atoms with Crippen LogP contribution in [-0.4, -0.2) is 61.8 Å². The van der Waals surface area contributed by atoms with Crippen molar-refractivity contribution in [1.82, 2.24) is 0 Å². The van der Waals surface area contributed by atoms with Crippen molar-refractivity contribution in [3.05, 3.63) is 48.1 Å². The van der Waals surface area contributed by atoms with Crippen LogP contribution in [0.1, 0.15) is 43.6 Å². The Kier molecular flexibility index (Phi) is 10.8. The Bertz CT molecular complexity index is 741. The number of carbonyl (C=O) groups excluding carboxylic acids is 2. The lowest BCUT2D eigenvalue weighted by Crippen LogP contribution is -2.16. The number of esters is 2. The quantitative estimate of drug-likeness (QED) is 0.269. The first kappa shape index (κ1) is 25.4. The molecule has 0 radical (unpaired) electrons. The van der Waals surface area contributed by atoms with E-state index in [0.717, 1.165) is 18.4 Å². The monoisotopic (exact) mass is 448 g/mol. The zero-order valence-corrected chi connectivity index (χ0v) is 18.3. The van der Waals surface area contributed by atoms with Crippen LogP contribution in [0.15, 0.2) is 42.5 Å². The standard InChI is InChI=1S/C24H32O8/c1-17(15-25)23(27)31-10-8-29-21-12-20(19-6-4-3-5-7-19)13-22(14-21)30-9-11-32-24(28)18(2)16-26/h12-14,19,25-26H,1-11,15-16H2. The first-order chi connectivity index (χ1) is 15.4. The van der Waals surface area contributed by atoms with Crippen molar-refractivity contribution < 1.29 is 38.7 Å². The Balaban J connectivity index is 1.95. The molecule has 176 valence electrons. The second-order valence-electron chi connectivity index (χ2n) is 7.56. The highest BCUT2D eigenvalue weighted by atomic mass is 16.6. The summed E-state index contributed by atoms with van der Waals surface area (Å²) in [5, 5.41) is 17.8. The number of ether oxygens (including phenoxy) is 4. The molecule has 0 saturated heterocycles. The first-order valence-electron chi connectivity index (χ1n) is 10.8. The van der Waals surface area contributed by atoms with E-state index in [-0.39, 0.29) is 37.6 Å². The van der Waals surface area contributed by atoms with Crippen LogP contribution in [0, 0.1) is 0 Å². The molecule has 0 aliphatic heterocycles. The van der Waals surface area contributed by atoms with E-state index in [2.05, 4.69) is 13.2 Å². The van der Waals surface area contributed by atoms with Gasteiger partial charge in [0.1, 0.15) is 37.9 Å². The predicted octanol–water partition coefficient (Wildman–Crippen LogP) is 2.68. The molecule has 1 aromatic rings. The van der Waals surface area contributed by atoms with Gasteiger partial charge in [-0.3, -0.25) is 0 Å². The summed E-state index contributed by atoms with van der Waals surface area (Å²) in [6.07, 6.45) is 5.81. The number of hydrogen-bond donors (Lipinski definition) is 2. The van der Waals surface area contributed by atoms with Gasteiger partial charge in [-0.1, -0.05) is 32.4 Å². The molecule has 0 spiro atoms. The van der Waals surface area contributed by atoms with Gasteiger partial charge < -0.3 is 29.2 Å². The third-order valence-corrected chi connectivity index (χ3v) is 5.11. The summed E-state index contributed by atoms with van der Waals surface area (Å²) in [5.41, 5.74) is 1.10. The van der Waals surface area contributed by atoms with Crippen LogP contribution < -0.4 is 9.47 Å². The van der Waals surface area contributed by atoms with Gasteiger partial charge >= 0.3 is 11.9 Å². The molecular formula is C24H32O8. The van der Waals surface area contributed by atoms with Crippen molar-refractivity contribution in [3.8, 4) is 11.5 Å². The van der Waals surface area contributed by atoms with Crippen molar-refractivity contribution in [2.45, 2.75) is 38.0 Å². The molecule has 2 N–H and O–H groups in total. The van der Waals surface area contributed by atoms with E-state index in [1.807, 2.05) is 12.1 Å². The SMILES string of the molecule is C=C(CO)C(=O)OCCOc1cc(OCCOC(=O)C(=C)CO)cc(C2CCCCC2)c1. The lowest BCUT2D eigenvalue weighted by molar-refractivity contribution is -0.141. The lowest BCUT2D eigenvalue weighted by atomic mass is 9.84. The Morgan fingerprint density at radius 1 is 0.781 bits per heavy atom. The molecular weight excluding hydrogens is 416 g/mol. The molecule has 8 nitrogen and oxygen atoms in total. The van der Waals surface area contributed by atoms with Crippen LogP contribution in [0.2, 0.25) is 0 Å². The molecule has 0 unspecified atom stereocenters. The van der Waals surface area contributed by atoms with Crippen LogP contribution in [0.4, 0.5) is 0 Å². The van der Waals surface area contributed by atoms with E-state index in [9.17, 15) is 9.59 Å². The van der Waals surface area contributed by atoms with Gasteiger partial charge in [0.2, 0.25) is 0 Å². The number of hydrogen-bond acceptors (Lipinski definition) is 8. The topological polar surface area (TPSA) is 112 Å². The summed E-state index contributed by atoms with van der Waals surface area (Å²) >= 11 is 0. The van der Waals surface area contributed by atoms with E-state index in [1.165, 1.54) is 19.3 Å². The molecule has 0 atom stereocenters. The van der Waals surface area contributed by atoms with Crippen molar-refractivity contribution in [1.29, 1.82) is 0 Å². The van der Waals surface area contributed by atoms with Crippen LogP contribution in [0.3, 0.4) is 0 Å². The van der Waals surface area contributed by atoms with E-state index >= 15 is 0 Å². The average Bonchev–Trinajstić information content (AvgIpc) is 2.83. The minimum absolute atomic E-state index is 0.0109. The Labute approximate surface area is 188 Å². The van der Waals surface area contributed by atoms with Gasteiger partial charge in [0, 0.05) is 6.07 Å². The number of aliphatic hydroxyl groups excluding tert-OH is 2. The predicted molar refractivity (Wildman–Crippen MR) is 118 cm³/mol. The maximum absolute atomic E-state index is 11.5. The second-order valence-corrected chi connectivity index (χ2v) is 7.56. The molecule has 32 heavy (non-hydrogen) atoms. The molecule has 0 bridgehead atoms. The van der Waals surface area contributed by atoms with Gasteiger partial charge in [0.05, 0.1) is 24.4 Å². The minimum Gasteiger partial charge on any atom is -0.490 e. The van der Waals surface area contributed by atoms with Crippen molar-refractivity contribution in [2.75, 3.05) is 39.6 Å². The van der Waals surface area contributed by atoms with Crippen LogP contribution >= 0.6 is 0 Å². The third-order valence-electron chi connectivity index (χ3n) is 5.11. The molecule has 1 fully saturated rings. The second kappa shape index (κ2) is 13.5. The Morgan fingerprint density at radius 2 is 1.25 bits per heavy atom. The largest absolute Gasteiger partial charge is 0.490 e. The molecule has 0 heterocycles. The normalized spacial score (nSPS) is 13.8. The summed E-state index contributed by atoms with van der Waals surface area (Å²) < 4.78 is 21.5. The lowest BCUT2D eigenvalue weighted by Gasteiger charge is -2.23. The molecule has 8 heteroatoms. The zero-order valence-electron chi connectivity index (χ0n) is 18.3. The Hall–Kier alpha value is -2.84. The maximum atomic E-state index is 11.5. The van der Waals surface area contributed by atoms with Crippen molar-refractivity contribution in [2.24, 2.45) is 0 Å². The molecule has 0 aromatic heterocycles. The van der Waals surface area contributed by atoms with Gasteiger partial charge in [-0.05, 0) is 36.5 Å². The summed E-state index contributed by atoms with van der Waals surface area (Å²) in [5.74, 6) is 0.284. The molecule has 1 saturated carbocycles. The number of carbonyl (C=O) groups is 2. The van der Waals surface area contributed by atoms with E-state index in [0.29, 0.717) is 17.4 Å². The maximum Gasteiger partial charge on any atom is 0.335 e. The van der Waals surface area contributed by atoms with Gasteiger partial charge in [-0.15, -0.1) is 0 Å². The number of benzene rings is 1. The smallest absolute Gasteiger partial charge is 0.335 e. The number of aliphatic hydroxyl groups is 2.